The molecule has 0 saturated heterocycles. The fourth-order valence-electron chi connectivity index (χ4n) is 2.65. The molecule has 1 amide bonds. The monoisotopic (exact) mass is 319 g/mol. The molecule has 0 aromatic heterocycles. The molecule has 0 saturated carbocycles. The van der Waals surface area contributed by atoms with E-state index in [-0.39, 0.29) is 19.6 Å². The van der Waals surface area contributed by atoms with Crippen LogP contribution in [0.5, 0.6) is 5.75 Å². The molecule has 0 spiro atoms. The van der Waals surface area contributed by atoms with E-state index in [9.17, 15) is 18.7 Å². The molecule has 3 rings (SSSR count). The number of hydrogen-bond acceptors (Lipinski definition) is 3. The summed E-state index contributed by atoms with van der Waals surface area (Å²) in [6.07, 6.45) is 0.268. The molecule has 0 bridgehead atoms. The summed E-state index contributed by atoms with van der Waals surface area (Å²) in [5.74, 6) is -2.26. The van der Waals surface area contributed by atoms with Crippen LogP contribution in [0.1, 0.15) is 22.3 Å². The standard InChI is InChI=1S/C17H15F2NO3/c18-12-5-3-6-13(19)15(12)16(21)20-10-17(22)8-9-23-14-7-2-1-4-11(14)17/h1-7,22H,8-10H2,(H,20,21). The van der Waals surface area contributed by atoms with Crippen LogP contribution in [0, 0.1) is 11.6 Å². The lowest BCUT2D eigenvalue weighted by Crippen LogP contribution is -2.44. The molecule has 1 heterocycles. The highest BCUT2D eigenvalue weighted by molar-refractivity contribution is 5.94. The Labute approximate surface area is 131 Å². The second kappa shape index (κ2) is 5.96. The molecule has 1 atom stereocenters. The Balaban J connectivity index is 1.80. The van der Waals surface area contributed by atoms with E-state index < -0.39 is 28.7 Å². The van der Waals surface area contributed by atoms with Crippen LogP contribution in [0.3, 0.4) is 0 Å². The molecule has 23 heavy (non-hydrogen) atoms. The fraction of sp³-hybridized carbons (Fsp3) is 0.235. The molecule has 0 aliphatic carbocycles. The van der Waals surface area contributed by atoms with Crippen molar-refractivity contribution in [3.05, 3.63) is 65.2 Å². The third kappa shape index (κ3) is 2.90. The number of rotatable bonds is 3. The number of halogens is 2. The topological polar surface area (TPSA) is 58.6 Å². The van der Waals surface area contributed by atoms with Gasteiger partial charge in [-0.25, -0.2) is 8.78 Å². The van der Waals surface area contributed by atoms with E-state index in [2.05, 4.69) is 5.32 Å². The normalized spacial score (nSPS) is 19.6. The zero-order valence-corrected chi connectivity index (χ0v) is 12.2. The van der Waals surface area contributed by atoms with Crippen molar-refractivity contribution in [1.82, 2.24) is 5.32 Å². The van der Waals surface area contributed by atoms with Gasteiger partial charge in [0, 0.05) is 12.0 Å². The Morgan fingerprint density at radius 2 is 1.87 bits per heavy atom. The molecule has 2 aromatic rings. The van der Waals surface area contributed by atoms with Gasteiger partial charge in [-0.1, -0.05) is 24.3 Å². The minimum Gasteiger partial charge on any atom is -0.493 e. The molecular formula is C17H15F2NO3. The minimum absolute atomic E-state index is 0.167. The molecule has 1 aliphatic heterocycles. The highest BCUT2D eigenvalue weighted by Crippen LogP contribution is 2.36. The quantitative estimate of drug-likeness (QED) is 0.913. The molecule has 6 heteroatoms. The maximum atomic E-state index is 13.6. The SMILES string of the molecule is O=C(NCC1(O)CCOc2ccccc21)c1c(F)cccc1F. The third-order valence-electron chi connectivity index (χ3n) is 3.89. The Morgan fingerprint density at radius 3 is 2.61 bits per heavy atom. The Hall–Kier alpha value is -2.47. The van der Waals surface area contributed by atoms with E-state index in [1.807, 2.05) is 0 Å². The van der Waals surface area contributed by atoms with Crippen molar-refractivity contribution < 1.29 is 23.4 Å². The van der Waals surface area contributed by atoms with Crippen molar-refractivity contribution >= 4 is 5.91 Å². The van der Waals surface area contributed by atoms with Crippen LogP contribution < -0.4 is 10.1 Å². The molecule has 1 aliphatic rings. The van der Waals surface area contributed by atoms with E-state index in [4.69, 9.17) is 4.74 Å². The van der Waals surface area contributed by atoms with Gasteiger partial charge in [0.25, 0.3) is 5.91 Å². The van der Waals surface area contributed by atoms with Gasteiger partial charge in [0.2, 0.25) is 0 Å². The largest absolute Gasteiger partial charge is 0.493 e. The van der Waals surface area contributed by atoms with Crippen LogP contribution in [-0.2, 0) is 5.60 Å². The van der Waals surface area contributed by atoms with Crippen molar-refractivity contribution in [1.29, 1.82) is 0 Å². The number of carbonyl (C=O) groups excluding carboxylic acids is 1. The summed E-state index contributed by atoms with van der Waals surface area (Å²) in [5, 5.41) is 13.2. The highest BCUT2D eigenvalue weighted by atomic mass is 19.1. The van der Waals surface area contributed by atoms with Crippen LogP contribution in [0.15, 0.2) is 42.5 Å². The Morgan fingerprint density at radius 1 is 1.17 bits per heavy atom. The maximum absolute atomic E-state index is 13.6. The second-order valence-corrected chi connectivity index (χ2v) is 5.41. The molecule has 2 aromatic carbocycles. The number of benzene rings is 2. The first kappa shape index (κ1) is 15.4. The number of nitrogens with one attached hydrogen (secondary N) is 1. The van der Waals surface area contributed by atoms with Gasteiger partial charge in [-0.2, -0.15) is 0 Å². The lowest BCUT2D eigenvalue weighted by molar-refractivity contribution is -0.00168. The number of hydrogen-bond donors (Lipinski definition) is 2. The summed E-state index contributed by atoms with van der Waals surface area (Å²) >= 11 is 0. The Bertz CT molecular complexity index is 730. The number of aliphatic hydroxyl groups is 1. The lowest BCUT2D eigenvalue weighted by atomic mass is 9.88. The zero-order valence-electron chi connectivity index (χ0n) is 12.2. The summed E-state index contributed by atoms with van der Waals surface area (Å²) < 4.78 is 32.7. The Kier molecular flexibility index (Phi) is 4.00. The average molecular weight is 319 g/mol. The molecule has 4 nitrogen and oxygen atoms in total. The number of fused-ring (bicyclic) bond motifs is 1. The molecule has 1 unspecified atom stereocenters. The van der Waals surface area contributed by atoms with Gasteiger partial charge in [0.05, 0.1) is 13.2 Å². The molecular weight excluding hydrogens is 304 g/mol. The van der Waals surface area contributed by atoms with Gasteiger partial charge in [-0.15, -0.1) is 0 Å². The molecule has 0 fully saturated rings. The highest BCUT2D eigenvalue weighted by Gasteiger charge is 2.36. The first-order valence-electron chi connectivity index (χ1n) is 7.18. The number of amides is 1. The zero-order chi connectivity index (χ0) is 16.4. The van der Waals surface area contributed by atoms with Crippen molar-refractivity contribution in [3.63, 3.8) is 0 Å². The first-order chi connectivity index (χ1) is 11.0. The summed E-state index contributed by atoms with van der Waals surface area (Å²) in [6.45, 7) is 0.122. The van der Waals surface area contributed by atoms with E-state index in [1.165, 1.54) is 6.07 Å². The first-order valence-corrected chi connectivity index (χ1v) is 7.18. The van der Waals surface area contributed by atoms with Gasteiger partial charge in [0.15, 0.2) is 0 Å². The van der Waals surface area contributed by atoms with E-state index in [0.29, 0.717) is 11.3 Å². The van der Waals surface area contributed by atoms with Crippen molar-refractivity contribution in [2.24, 2.45) is 0 Å². The van der Waals surface area contributed by atoms with Crippen LogP contribution in [0.2, 0.25) is 0 Å². The number of para-hydroxylation sites is 1. The summed E-state index contributed by atoms with van der Waals surface area (Å²) in [6, 6.07) is 10.1. The summed E-state index contributed by atoms with van der Waals surface area (Å²) in [4.78, 5) is 12.0. The van der Waals surface area contributed by atoms with Crippen LogP contribution in [0.25, 0.3) is 0 Å². The van der Waals surface area contributed by atoms with Crippen molar-refractivity contribution in [2.45, 2.75) is 12.0 Å². The second-order valence-electron chi connectivity index (χ2n) is 5.41. The van der Waals surface area contributed by atoms with Crippen molar-refractivity contribution in [3.8, 4) is 5.75 Å². The van der Waals surface area contributed by atoms with Crippen molar-refractivity contribution in [2.75, 3.05) is 13.2 Å². The van der Waals surface area contributed by atoms with Crippen LogP contribution in [-0.4, -0.2) is 24.2 Å². The van der Waals surface area contributed by atoms with Gasteiger partial charge in [-0.05, 0) is 18.2 Å². The summed E-state index contributed by atoms with van der Waals surface area (Å²) in [5.41, 5.74) is -1.45. The van der Waals surface area contributed by atoms with E-state index >= 15 is 0 Å². The molecule has 120 valence electrons. The minimum atomic E-state index is -1.34. The van der Waals surface area contributed by atoms with E-state index in [1.54, 1.807) is 24.3 Å². The number of ether oxygens (including phenoxy) is 1. The summed E-state index contributed by atoms with van der Waals surface area (Å²) in [7, 11) is 0. The number of carbonyl (C=O) groups is 1. The van der Waals surface area contributed by atoms with Gasteiger partial charge in [0.1, 0.15) is 28.5 Å². The van der Waals surface area contributed by atoms with Gasteiger partial charge < -0.3 is 15.2 Å². The molecule has 0 radical (unpaired) electrons. The van der Waals surface area contributed by atoms with Crippen LogP contribution in [0.4, 0.5) is 8.78 Å². The van der Waals surface area contributed by atoms with E-state index in [0.717, 1.165) is 12.1 Å². The van der Waals surface area contributed by atoms with Gasteiger partial charge >= 0.3 is 0 Å². The predicted molar refractivity (Wildman–Crippen MR) is 79.1 cm³/mol. The lowest BCUT2D eigenvalue weighted by Gasteiger charge is -2.34. The smallest absolute Gasteiger partial charge is 0.257 e. The van der Waals surface area contributed by atoms with Gasteiger partial charge in [-0.3, -0.25) is 4.79 Å². The average Bonchev–Trinajstić information content (AvgIpc) is 2.53. The predicted octanol–water partition coefficient (Wildman–Crippen LogP) is 2.36. The fourth-order valence-corrected chi connectivity index (χ4v) is 2.65. The third-order valence-corrected chi connectivity index (χ3v) is 3.89. The van der Waals surface area contributed by atoms with Crippen LogP contribution >= 0.6 is 0 Å². The maximum Gasteiger partial charge on any atom is 0.257 e. The molecule has 2 N–H and O–H groups in total.